The third-order valence-electron chi connectivity index (χ3n) is 3.19. The number of aryl methyl sites for hydroxylation is 1. The lowest BCUT2D eigenvalue weighted by Gasteiger charge is -2.14. The van der Waals surface area contributed by atoms with Gasteiger partial charge in [-0.15, -0.1) is 0 Å². The van der Waals surface area contributed by atoms with Crippen LogP contribution in [0.2, 0.25) is 0 Å². The number of hydrogen-bond donors (Lipinski definition) is 1. The highest BCUT2D eigenvalue weighted by molar-refractivity contribution is 5.73. The Morgan fingerprint density at radius 1 is 1.20 bits per heavy atom. The zero-order valence-electron chi connectivity index (χ0n) is 11.9. The average Bonchev–Trinajstić information content (AvgIpc) is 2.43. The van der Waals surface area contributed by atoms with Crippen LogP contribution in [0.4, 0.5) is 0 Å². The molecule has 0 aromatic heterocycles. The van der Waals surface area contributed by atoms with Gasteiger partial charge in [0.05, 0.1) is 12.5 Å². The van der Waals surface area contributed by atoms with Crippen LogP contribution in [0.5, 0.6) is 0 Å². The molecule has 1 aromatic rings. The average molecular weight is 278 g/mol. The summed E-state index contributed by atoms with van der Waals surface area (Å²) in [5.74, 6) is -1.46. The molecule has 0 saturated heterocycles. The number of esters is 1. The molecule has 0 heterocycles. The van der Waals surface area contributed by atoms with Crippen molar-refractivity contribution in [3.05, 3.63) is 35.9 Å². The van der Waals surface area contributed by atoms with E-state index in [1.807, 2.05) is 18.2 Å². The Kier molecular flexibility index (Phi) is 7.40. The number of benzene rings is 1. The van der Waals surface area contributed by atoms with Crippen molar-refractivity contribution < 1.29 is 19.4 Å². The molecule has 1 atom stereocenters. The summed E-state index contributed by atoms with van der Waals surface area (Å²) in [6.45, 7) is 2.09. The van der Waals surface area contributed by atoms with E-state index in [1.54, 1.807) is 6.92 Å². The Bertz CT molecular complexity index is 414. The Labute approximate surface area is 119 Å². The quantitative estimate of drug-likeness (QED) is 0.705. The summed E-state index contributed by atoms with van der Waals surface area (Å²) < 4.78 is 5.01. The summed E-state index contributed by atoms with van der Waals surface area (Å²) in [5, 5.41) is 8.73. The van der Waals surface area contributed by atoms with Crippen LogP contribution in [0.3, 0.4) is 0 Å². The van der Waals surface area contributed by atoms with Gasteiger partial charge in [0.2, 0.25) is 0 Å². The van der Waals surface area contributed by atoms with E-state index in [-0.39, 0.29) is 18.3 Å². The molecule has 110 valence electrons. The summed E-state index contributed by atoms with van der Waals surface area (Å²) in [6, 6.07) is 10.1. The minimum absolute atomic E-state index is 0.00875. The van der Waals surface area contributed by atoms with Crippen molar-refractivity contribution in [2.45, 2.75) is 39.0 Å². The number of carbonyl (C=O) groups is 2. The molecule has 0 fully saturated rings. The molecule has 0 aliphatic rings. The highest BCUT2D eigenvalue weighted by Gasteiger charge is 2.20. The van der Waals surface area contributed by atoms with Crippen molar-refractivity contribution in [1.29, 1.82) is 0 Å². The van der Waals surface area contributed by atoms with Crippen molar-refractivity contribution in [3.8, 4) is 0 Å². The van der Waals surface area contributed by atoms with Gasteiger partial charge in [-0.2, -0.15) is 0 Å². The molecular weight excluding hydrogens is 256 g/mol. The van der Waals surface area contributed by atoms with Gasteiger partial charge in [0.15, 0.2) is 0 Å². The van der Waals surface area contributed by atoms with Gasteiger partial charge in [-0.3, -0.25) is 9.59 Å². The van der Waals surface area contributed by atoms with Gasteiger partial charge >= 0.3 is 11.9 Å². The molecular formula is C16H22O4. The van der Waals surface area contributed by atoms with Gasteiger partial charge < -0.3 is 9.84 Å². The van der Waals surface area contributed by atoms with Gasteiger partial charge in [-0.1, -0.05) is 30.3 Å². The van der Waals surface area contributed by atoms with E-state index in [9.17, 15) is 9.59 Å². The van der Waals surface area contributed by atoms with Crippen molar-refractivity contribution >= 4 is 11.9 Å². The molecule has 0 radical (unpaired) electrons. The molecule has 4 nitrogen and oxygen atoms in total. The predicted molar refractivity (Wildman–Crippen MR) is 76.4 cm³/mol. The lowest BCUT2D eigenvalue weighted by atomic mass is 9.95. The van der Waals surface area contributed by atoms with Crippen LogP contribution in [0.1, 0.15) is 38.2 Å². The first-order valence-corrected chi connectivity index (χ1v) is 7.05. The van der Waals surface area contributed by atoms with Crippen LogP contribution in [0.15, 0.2) is 30.3 Å². The van der Waals surface area contributed by atoms with Gasteiger partial charge in [-0.05, 0) is 38.2 Å². The third kappa shape index (κ3) is 6.36. The normalized spacial score (nSPS) is 11.8. The van der Waals surface area contributed by atoms with Gasteiger partial charge in [-0.25, -0.2) is 0 Å². The Morgan fingerprint density at radius 2 is 1.90 bits per heavy atom. The zero-order chi connectivity index (χ0) is 14.8. The van der Waals surface area contributed by atoms with E-state index in [0.29, 0.717) is 19.4 Å². The SMILES string of the molecule is CCOC(=O)C(CCCc1ccccc1)CCC(=O)O. The zero-order valence-corrected chi connectivity index (χ0v) is 11.9. The van der Waals surface area contributed by atoms with E-state index in [2.05, 4.69) is 12.1 Å². The fourth-order valence-electron chi connectivity index (χ4n) is 2.14. The molecule has 0 aliphatic heterocycles. The number of carboxylic acid groups (broad SMARTS) is 1. The standard InChI is InChI=1S/C16H22O4/c1-2-20-16(19)14(11-12-15(17)18)10-6-9-13-7-4-3-5-8-13/h3-5,7-8,14H,2,6,9-12H2,1H3,(H,17,18). The second-order valence-corrected chi connectivity index (χ2v) is 4.76. The summed E-state index contributed by atoms with van der Waals surface area (Å²) in [5.41, 5.74) is 1.23. The van der Waals surface area contributed by atoms with Crippen LogP contribution in [-0.4, -0.2) is 23.7 Å². The molecule has 0 saturated carbocycles. The van der Waals surface area contributed by atoms with Crippen molar-refractivity contribution in [2.24, 2.45) is 5.92 Å². The fourth-order valence-corrected chi connectivity index (χ4v) is 2.14. The molecule has 4 heteroatoms. The predicted octanol–water partition coefficient (Wildman–Crippen LogP) is 3.05. The largest absolute Gasteiger partial charge is 0.481 e. The lowest BCUT2D eigenvalue weighted by Crippen LogP contribution is -2.19. The number of hydrogen-bond acceptors (Lipinski definition) is 3. The topological polar surface area (TPSA) is 63.6 Å². The minimum Gasteiger partial charge on any atom is -0.481 e. The molecule has 0 spiro atoms. The maximum Gasteiger partial charge on any atom is 0.308 e. The maximum atomic E-state index is 11.8. The van der Waals surface area contributed by atoms with E-state index < -0.39 is 5.97 Å². The number of ether oxygens (including phenoxy) is 1. The van der Waals surface area contributed by atoms with Crippen LogP contribution < -0.4 is 0 Å². The van der Waals surface area contributed by atoms with Crippen LogP contribution in [-0.2, 0) is 20.7 Å². The van der Waals surface area contributed by atoms with E-state index >= 15 is 0 Å². The molecule has 1 aromatic carbocycles. The second kappa shape index (κ2) is 9.13. The minimum atomic E-state index is -0.873. The maximum absolute atomic E-state index is 11.8. The lowest BCUT2D eigenvalue weighted by molar-refractivity contribution is -0.149. The molecule has 20 heavy (non-hydrogen) atoms. The Balaban J connectivity index is 2.42. The van der Waals surface area contributed by atoms with Gasteiger partial charge in [0.1, 0.15) is 0 Å². The molecule has 1 rings (SSSR count). The number of rotatable bonds is 9. The number of aliphatic carboxylic acids is 1. The first kappa shape index (κ1) is 16.2. The first-order valence-electron chi connectivity index (χ1n) is 7.05. The summed E-state index contributed by atoms with van der Waals surface area (Å²) in [7, 11) is 0. The number of carbonyl (C=O) groups excluding carboxylic acids is 1. The molecule has 1 unspecified atom stereocenters. The Hall–Kier alpha value is -1.84. The van der Waals surface area contributed by atoms with Crippen LogP contribution in [0, 0.1) is 5.92 Å². The number of carboxylic acids is 1. The van der Waals surface area contributed by atoms with E-state index in [1.165, 1.54) is 5.56 Å². The second-order valence-electron chi connectivity index (χ2n) is 4.76. The highest BCUT2D eigenvalue weighted by atomic mass is 16.5. The van der Waals surface area contributed by atoms with Gasteiger partial charge in [0.25, 0.3) is 0 Å². The summed E-state index contributed by atoms with van der Waals surface area (Å²) in [6.07, 6.45) is 2.77. The summed E-state index contributed by atoms with van der Waals surface area (Å²) >= 11 is 0. The van der Waals surface area contributed by atoms with Crippen LogP contribution in [0.25, 0.3) is 0 Å². The van der Waals surface area contributed by atoms with E-state index in [0.717, 1.165) is 12.8 Å². The molecule has 0 amide bonds. The van der Waals surface area contributed by atoms with Crippen molar-refractivity contribution in [1.82, 2.24) is 0 Å². The first-order chi connectivity index (χ1) is 9.63. The van der Waals surface area contributed by atoms with Gasteiger partial charge in [0, 0.05) is 6.42 Å². The van der Waals surface area contributed by atoms with E-state index in [4.69, 9.17) is 9.84 Å². The Morgan fingerprint density at radius 3 is 2.50 bits per heavy atom. The highest BCUT2D eigenvalue weighted by Crippen LogP contribution is 2.17. The molecule has 1 N–H and O–H groups in total. The molecule has 0 aliphatic carbocycles. The smallest absolute Gasteiger partial charge is 0.308 e. The van der Waals surface area contributed by atoms with Crippen molar-refractivity contribution in [3.63, 3.8) is 0 Å². The third-order valence-corrected chi connectivity index (χ3v) is 3.19. The summed E-state index contributed by atoms with van der Waals surface area (Å²) in [4.78, 5) is 22.4. The van der Waals surface area contributed by atoms with Crippen LogP contribution >= 0.6 is 0 Å². The monoisotopic (exact) mass is 278 g/mol. The van der Waals surface area contributed by atoms with Crippen molar-refractivity contribution in [2.75, 3.05) is 6.61 Å². The fraction of sp³-hybridized carbons (Fsp3) is 0.500. The molecule has 0 bridgehead atoms.